The summed E-state index contributed by atoms with van der Waals surface area (Å²) in [4.78, 5) is 0. The fourth-order valence-electron chi connectivity index (χ4n) is 2.59. The highest BCUT2D eigenvalue weighted by atomic mass is 16.5. The van der Waals surface area contributed by atoms with Crippen LogP contribution < -0.4 is 4.74 Å². The summed E-state index contributed by atoms with van der Waals surface area (Å²) in [6, 6.07) is 6.03. The molecule has 0 amide bonds. The Morgan fingerprint density at radius 3 is 3.12 bits per heavy atom. The highest BCUT2D eigenvalue weighted by molar-refractivity contribution is 5.39. The van der Waals surface area contributed by atoms with E-state index in [1.165, 1.54) is 5.56 Å². The largest absolute Gasteiger partial charge is 0.493 e. The first-order valence-corrected chi connectivity index (χ1v) is 6.34. The Morgan fingerprint density at radius 2 is 2.29 bits per heavy atom. The van der Waals surface area contributed by atoms with Gasteiger partial charge in [0.25, 0.3) is 0 Å². The topological polar surface area (TPSA) is 38.7 Å². The molecule has 1 aromatic carbocycles. The SMILES string of the molecule is O[C@@H]1CCc2cc(OCC3CCOC3)ccc21. The zero-order valence-corrected chi connectivity index (χ0v) is 9.89. The normalized spacial score (nSPS) is 27.1. The predicted octanol–water partition coefficient (Wildman–Crippen LogP) is 2.08. The molecule has 0 aromatic heterocycles. The van der Waals surface area contributed by atoms with E-state index in [4.69, 9.17) is 9.47 Å². The number of hydrogen-bond acceptors (Lipinski definition) is 3. The summed E-state index contributed by atoms with van der Waals surface area (Å²) in [5.74, 6) is 1.46. The third kappa shape index (κ3) is 2.31. The molecule has 1 unspecified atom stereocenters. The zero-order valence-electron chi connectivity index (χ0n) is 9.89. The fourth-order valence-corrected chi connectivity index (χ4v) is 2.59. The fraction of sp³-hybridized carbons (Fsp3) is 0.571. The van der Waals surface area contributed by atoms with Gasteiger partial charge >= 0.3 is 0 Å². The summed E-state index contributed by atoms with van der Waals surface area (Å²) < 4.78 is 11.1. The van der Waals surface area contributed by atoms with Crippen LogP contribution in [0.1, 0.15) is 30.1 Å². The molecule has 0 saturated carbocycles. The van der Waals surface area contributed by atoms with Crippen molar-refractivity contribution in [2.75, 3.05) is 19.8 Å². The van der Waals surface area contributed by atoms with Crippen molar-refractivity contribution in [3.8, 4) is 5.75 Å². The van der Waals surface area contributed by atoms with Gasteiger partial charge in [-0.25, -0.2) is 0 Å². The lowest BCUT2D eigenvalue weighted by molar-refractivity contribution is 0.167. The summed E-state index contributed by atoms with van der Waals surface area (Å²) in [7, 11) is 0. The van der Waals surface area contributed by atoms with E-state index >= 15 is 0 Å². The highest BCUT2D eigenvalue weighted by Gasteiger charge is 2.21. The number of benzene rings is 1. The monoisotopic (exact) mass is 234 g/mol. The Balaban J connectivity index is 1.64. The van der Waals surface area contributed by atoms with Gasteiger partial charge in [0.1, 0.15) is 5.75 Å². The van der Waals surface area contributed by atoms with Crippen LogP contribution in [0.2, 0.25) is 0 Å². The standard InChI is InChI=1S/C14H18O3/c15-14-4-1-11-7-12(2-3-13(11)14)17-9-10-5-6-16-8-10/h2-3,7,10,14-15H,1,4-6,8-9H2/t10?,14-/m1/s1. The molecule has 1 N–H and O–H groups in total. The van der Waals surface area contributed by atoms with Crippen LogP contribution in [0, 0.1) is 5.92 Å². The van der Waals surface area contributed by atoms with Crippen LogP contribution in [0.25, 0.3) is 0 Å². The van der Waals surface area contributed by atoms with Crippen LogP contribution in [-0.4, -0.2) is 24.9 Å². The molecule has 1 fully saturated rings. The number of fused-ring (bicyclic) bond motifs is 1. The van der Waals surface area contributed by atoms with Gasteiger partial charge in [-0.1, -0.05) is 6.07 Å². The molecule has 1 saturated heterocycles. The van der Waals surface area contributed by atoms with E-state index in [0.29, 0.717) is 5.92 Å². The number of aryl methyl sites for hydroxylation is 1. The lowest BCUT2D eigenvalue weighted by Crippen LogP contribution is -2.11. The molecule has 3 heteroatoms. The van der Waals surface area contributed by atoms with Gasteiger partial charge < -0.3 is 14.6 Å². The Labute approximate surface area is 101 Å². The molecule has 1 aromatic rings. The maximum Gasteiger partial charge on any atom is 0.119 e. The predicted molar refractivity (Wildman–Crippen MR) is 64.1 cm³/mol. The van der Waals surface area contributed by atoms with E-state index in [1.807, 2.05) is 12.1 Å². The van der Waals surface area contributed by atoms with Crippen molar-refractivity contribution in [1.82, 2.24) is 0 Å². The van der Waals surface area contributed by atoms with Crippen LogP contribution in [0.4, 0.5) is 0 Å². The van der Waals surface area contributed by atoms with Crippen LogP contribution in [0.15, 0.2) is 18.2 Å². The van der Waals surface area contributed by atoms with Gasteiger partial charge in [-0.3, -0.25) is 0 Å². The van der Waals surface area contributed by atoms with Gasteiger partial charge in [0.15, 0.2) is 0 Å². The maximum absolute atomic E-state index is 9.72. The van der Waals surface area contributed by atoms with Crippen molar-refractivity contribution < 1.29 is 14.6 Å². The van der Waals surface area contributed by atoms with Crippen molar-refractivity contribution in [1.29, 1.82) is 0 Å². The van der Waals surface area contributed by atoms with Gasteiger partial charge in [0.05, 0.1) is 19.3 Å². The molecule has 17 heavy (non-hydrogen) atoms. The first-order valence-electron chi connectivity index (χ1n) is 6.34. The summed E-state index contributed by atoms with van der Waals surface area (Å²) >= 11 is 0. The average molecular weight is 234 g/mol. The third-order valence-electron chi connectivity index (χ3n) is 3.67. The second-order valence-electron chi connectivity index (χ2n) is 4.96. The maximum atomic E-state index is 9.72. The van der Waals surface area contributed by atoms with Gasteiger partial charge in [-0.2, -0.15) is 0 Å². The summed E-state index contributed by atoms with van der Waals surface area (Å²) in [6.07, 6.45) is 2.63. The minimum absolute atomic E-state index is 0.276. The Hall–Kier alpha value is -1.06. The molecular formula is C14H18O3. The van der Waals surface area contributed by atoms with E-state index in [0.717, 1.165) is 50.4 Å². The van der Waals surface area contributed by atoms with E-state index in [2.05, 4.69) is 6.07 Å². The van der Waals surface area contributed by atoms with Gasteiger partial charge in [0, 0.05) is 12.5 Å². The second kappa shape index (κ2) is 4.67. The first-order chi connectivity index (χ1) is 8.33. The van der Waals surface area contributed by atoms with Crippen molar-refractivity contribution in [3.63, 3.8) is 0 Å². The molecule has 0 bridgehead atoms. The molecule has 3 nitrogen and oxygen atoms in total. The minimum Gasteiger partial charge on any atom is -0.493 e. The molecule has 0 radical (unpaired) electrons. The van der Waals surface area contributed by atoms with Crippen molar-refractivity contribution in [3.05, 3.63) is 29.3 Å². The molecule has 1 aliphatic carbocycles. The van der Waals surface area contributed by atoms with Crippen LogP contribution in [-0.2, 0) is 11.2 Å². The smallest absolute Gasteiger partial charge is 0.119 e. The molecule has 2 atom stereocenters. The summed E-state index contributed by atoms with van der Waals surface area (Å²) in [5.41, 5.74) is 2.30. The van der Waals surface area contributed by atoms with Crippen LogP contribution in [0.3, 0.4) is 0 Å². The molecule has 2 aliphatic rings. The van der Waals surface area contributed by atoms with E-state index in [-0.39, 0.29) is 6.10 Å². The first kappa shape index (κ1) is 11.1. The minimum atomic E-state index is -0.276. The molecular weight excluding hydrogens is 216 g/mol. The van der Waals surface area contributed by atoms with Gasteiger partial charge in [-0.15, -0.1) is 0 Å². The third-order valence-corrected chi connectivity index (χ3v) is 3.67. The highest BCUT2D eigenvalue weighted by Crippen LogP contribution is 2.33. The summed E-state index contributed by atoms with van der Waals surface area (Å²) in [5, 5.41) is 9.72. The lowest BCUT2D eigenvalue weighted by atomic mass is 10.1. The van der Waals surface area contributed by atoms with Crippen LogP contribution in [0.5, 0.6) is 5.75 Å². The van der Waals surface area contributed by atoms with Crippen molar-refractivity contribution in [2.45, 2.75) is 25.4 Å². The summed E-state index contributed by atoms with van der Waals surface area (Å²) in [6.45, 7) is 2.43. The number of aliphatic hydroxyl groups is 1. The van der Waals surface area contributed by atoms with E-state index < -0.39 is 0 Å². The number of hydrogen-bond donors (Lipinski definition) is 1. The van der Waals surface area contributed by atoms with Crippen molar-refractivity contribution >= 4 is 0 Å². The molecule has 1 aliphatic heterocycles. The molecule has 0 spiro atoms. The quantitative estimate of drug-likeness (QED) is 0.870. The second-order valence-corrected chi connectivity index (χ2v) is 4.96. The van der Waals surface area contributed by atoms with E-state index in [9.17, 15) is 5.11 Å². The van der Waals surface area contributed by atoms with Gasteiger partial charge in [-0.05, 0) is 42.5 Å². The zero-order chi connectivity index (χ0) is 11.7. The average Bonchev–Trinajstić information content (AvgIpc) is 2.97. The number of rotatable bonds is 3. The molecule has 92 valence electrons. The number of ether oxygens (including phenoxy) is 2. The molecule has 1 heterocycles. The Bertz CT molecular complexity index is 396. The molecule has 3 rings (SSSR count). The van der Waals surface area contributed by atoms with Crippen LogP contribution >= 0.6 is 0 Å². The number of aliphatic hydroxyl groups excluding tert-OH is 1. The van der Waals surface area contributed by atoms with Gasteiger partial charge in [0.2, 0.25) is 0 Å². The lowest BCUT2D eigenvalue weighted by Gasteiger charge is -2.11. The van der Waals surface area contributed by atoms with Crippen molar-refractivity contribution in [2.24, 2.45) is 5.92 Å². The Morgan fingerprint density at radius 1 is 1.35 bits per heavy atom. The van der Waals surface area contributed by atoms with E-state index in [1.54, 1.807) is 0 Å². The Kier molecular flexibility index (Phi) is 3.04.